The van der Waals surface area contributed by atoms with Crippen molar-refractivity contribution in [3.8, 4) is 0 Å². The number of carbonyl (C=O) groups excluding carboxylic acids is 1. The van der Waals surface area contributed by atoms with Crippen molar-refractivity contribution in [3.63, 3.8) is 0 Å². The Kier molecular flexibility index (Phi) is 2.54. The number of benzene rings is 1. The first-order valence-corrected chi connectivity index (χ1v) is 4.78. The van der Waals surface area contributed by atoms with Gasteiger partial charge in [-0.2, -0.15) is 0 Å². The van der Waals surface area contributed by atoms with Crippen molar-refractivity contribution in [1.29, 1.82) is 0 Å². The quantitative estimate of drug-likeness (QED) is 0.755. The Labute approximate surface area is 88.3 Å². The van der Waals surface area contributed by atoms with E-state index in [9.17, 15) is 4.79 Å². The molecule has 0 saturated carbocycles. The second kappa shape index (κ2) is 4.00. The Morgan fingerprint density at radius 2 is 2.00 bits per heavy atom. The molecule has 1 heterocycles. The van der Waals surface area contributed by atoms with Crippen LogP contribution in [-0.4, -0.2) is 12.5 Å². The van der Waals surface area contributed by atoms with Crippen LogP contribution >= 0.6 is 0 Å². The van der Waals surface area contributed by atoms with Crippen molar-refractivity contribution in [2.75, 3.05) is 6.54 Å². The third-order valence-corrected chi connectivity index (χ3v) is 2.32. The summed E-state index contributed by atoms with van der Waals surface area (Å²) in [6.07, 6.45) is 6.01. The molecule has 0 aliphatic carbocycles. The van der Waals surface area contributed by atoms with E-state index in [-0.39, 0.29) is 0 Å². The summed E-state index contributed by atoms with van der Waals surface area (Å²) < 4.78 is 0. The van der Waals surface area contributed by atoms with E-state index in [1.54, 1.807) is 12.1 Å². The molecule has 0 bridgehead atoms. The van der Waals surface area contributed by atoms with Crippen LogP contribution in [0.15, 0.2) is 42.6 Å². The van der Waals surface area contributed by atoms with Crippen molar-refractivity contribution in [1.82, 2.24) is 5.32 Å². The molecule has 3 nitrogen and oxygen atoms in total. The summed E-state index contributed by atoms with van der Waals surface area (Å²) in [5.74, 6) is -0.392. The highest BCUT2D eigenvalue weighted by atomic mass is 16.1. The van der Waals surface area contributed by atoms with E-state index in [4.69, 9.17) is 5.73 Å². The summed E-state index contributed by atoms with van der Waals surface area (Å²) in [5, 5.41) is 3.08. The Hall–Kier alpha value is -2.03. The van der Waals surface area contributed by atoms with Gasteiger partial charge in [-0.3, -0.25) is 4.79 Å². The van der Waals surface area contributed by atoms with Gasteiger partial charge in [-0.15, -0.1) is 0 Å². The van der Waals surface area contributed by atoms with Crippen LogP contribution in [0.1, 0.15) is 15.9 Å². The number of dihydropyridines is 1. The molecule has 0 saturated heterocycles. The van der Waals surface area contributed by atoms with Crippen LogP contribution in [-0.2, 0) is 0 Å². The number of carbonyl (C=O) groups is 1. The maximum atomic E-state index is 10.9. The molecule has 1 amide bonds. The van der Waals surface area contributed by atoms with Gasteiger partial charge >= 0.3 is 0 Å². The molecule has 1 aliphatic heterocycles. The molecule has 76 valence electrons. The van der Waals surface area contributed by atoms with E-state index in [0.29, 0.717) is 5.56 Å². The highest BCUT2D eigenvalue weighted by molar-refractivity contribution is 5.93. The maximum Gasteiger partial charge on any atom is 0.248 e. The number of hydrogen-bond acceptors (Lipinski definition) is 2. The highest BCUT2D eigenvalue weighted by Gasteiger charge is 2.03. The van der Waals surface area contributed by atoms with Crippen molar-refractivity contribution in [3.05, 3.63) is 53.7 Å². The summed E-state index contributed by atoms with van der Waals surface area (Å²) >= 11 is 0. The molecule has 0 spiro atoms. The summed E-state index contributed by atoms with van der Waals surface area (Å²) in [6.45, 7) is 0.837. The smallest absolute Gasteiger partial charge is 0.248 e. The highest BCUT2D eigenvalue weighted by Crippen LogP contribution is 2.17. The number of nitrogens with two attached hydrogens (primary N) is 1. The third-order valence-electron chi connectivity index (χ3n) is 2.32. The number of hydrogen-bond donors (Lipinski definition) is 2. The number of rotatable bonds is 2. The minimum absolute atomic E-state index is 0.392. The first-order chi connectivity index (χ1) is 7.27. The maximum absolute atomic E-state index is 10.9. The van der Waals surface area contributed by atoms with Gasteiger partial charge in [0.25, 0.3) is 0 Å². The molecular weight excluding hydrogens is 188 g/mol. The van der Waals surface area contributed by atoms with Crippen LogP contribution in [0.2, 0.25) is 0 Å². The van der Waals surface area contributed by atoms with Crippen LogP contribution in [0.5, 0.6) is 0 Å². The van der Waals surface area contributed by atoms with Crippen LogP contribution < -0.4 is 11.1 Å². The Morgan fingerprint density at radius 1 is 1.27 bits per heavy atom. The SMILES string of the molecule is NC(=O)c1ccc(C2=CCNC=C2)cc1. The van der Waals surface area contributed by atoms with Crippen LogP contribution in [0.25, 0.3) is 5.57 Å². The molecule has 0 radical (unpaired) electrons. The van der Waals surface area contributed by atoms with E-state index in [2.05, 4.69) is 11.4 Å². The lowest BCUT2D eigenvalue weighted by Crippen LogP contribution is -2.11. The normalized spacial score (nSPS) is 14.3. The molecule has 2 rings (SSSR count). The van der Waals surface area contributed by atoms with E-state index < -0.39 is 5.91 Å². The van der Waals surface area contributed by atoms with Gasteiger partial charge in [0.1, 0.15) is 0 Å². The van der Waals surface area contributed by atoms with Gasteiger partial charge in [0.2, 0.25) is 5.91 Å². The second-order valence-electron chi connectivity index (χ2n) is 3.34. The first kappa shape index (κ1) is 9.52. The van der Waals surface area contributed by atoms with Crippen LogP contribution in [0.3, 0.4) is 0 Å². The molecule has 0 atom stereocenters. The summed E-state index contributed by atoms with van der Waals surface area (Å²) in [7, 11) is 0. The zero-order chi connectivity index (χ0) is 10.7. The molecule has 0 aromatic heterocycles. The zero-order valence-electron chi connectivity index (χ0n) is 8.23. The first-order valence-electron chi connectivity index (χ1n) is 4.78. The van der Waals surface area contributed by atoms with E-state index in [1.807, 2.05) is 24.4 Å². The van der Waals surface area contributed by atoms with Gasteiger partial charge in [-0.25, -0.2) is 0 Å². The fourth-order valence-corrected chi connectivity index (χ4v) is 1.49. The molecule has 15 heavy (non-hydrogen) atoms. The molecule has 3 N–H and O–H groups in total. The minimum Gasteiger partial charge on any atom is -0.387 e. The number of amides is 1. The minimum atomic E-state index is -0.392. The van der Waals surface area contributed by atoms with Crippen molar-refractivity contribution in [2.24, 2.45) is 5.73 Å². The average molecular weight is 200 g/mol. The van der Waals surface area contributed by atoms with Gasteiger partial charge in [0, 0.05) is 12.1 Å². The van der Waals surface area contributed by atoms with E-state index >= 15 is 0 Å². The number of primary amides is 1. The third kappa shape index (κ3) is 2.07. The fraction of sp³-hybridized carbons (Fsp3) is 0.0833. The average Bonchev–Trinajstić information content (AvgIpc) is 2.30. The number of nitrogens with one attached hydrogen (secondary N) is 1. The number of allylic oxidation sites excluding steroid dienone is 2. The fourth-order valence-electron chi connectivity index (χ4n) is 1.49. The molecule has 3 heteroatoms. The monoisotopic (exact) mass is 200 g/mol. The molecule has 1 aliphatic rings. The lowest BCUT2D eigenvalue weighted by Gasteiger charge is -2.08. The van der Waals surface area contributed by atoms with E-state index in [0.717, 1.165) is 17.7 Å². The summed E-state index contributed by atoms with van der Waals surface area (Å²) in [5.41, 5.74) is 7.96. The van der Waals surface area contributed by atoms with Crippen LogP contribution in [0.4, 0.5) is 0 Å². The summed E-state index contributed by atoms with van der Waals surface area (Å²) in [6, 6.07) is 7.30. The van der Waals surface area contributed by atoms with Crippen molar-refractivity contribution < 1.29 is 4.79 Å². The van der Waals surface area contributed by atoms with Gasteiger partial charge < -0.3 is 11.1 Å². The van der Waals surface area contributed by atoms with Crippen LogP contribution in [0, 0.1) is 0 Å². The van der Waals surface area contributed by atoms with Gasteiger partial charge in [0.05, 0.1) is 0 Å². The molecule has 0 fully saturated rings. The summed E-state index contributed by atoms with van der Waals surface area (Å²) in [4.78, 5) is 10.9. The standard InChI is InChI=1S/C12H12N2O/c13-12(15)11-3-1-9(2-4-11)10-5-7-14-8-6-10/h1-7,14H,8H2,(H2,13,15). The molecule has 1 aromatic rings. The Bertz CT molecular complexity index is 429. The predicted octanol–water partition coefficient (Wildman–Crippen LogP) is 1.29. The largest absolute Gasteiger partial charge is 0.387 e. The van der Waals surface area contributed by atoms with Crippen molar-refractivity contribution in [2.45, 2.75) is 0 Å². The Balaban J connectivity index is 2.27. The zero-order valence-corrected chi connectivity index (χ0v) is 8.23. The topological polar surface area (TPSA) is 55.1 Å². The molecular formula is C12H12N2O. The van der Waals surface area contributed by atoms with Gasteiger partial charge in [0.15, 0.2) is 0 Å². The van der Waals surface area contributed by atoms with Gasteiger partial charge in [-0.05, 0) is 35.5 Å². The van der Waals surface area contributed by atoms with Crippen molar-refractivity contribution >= 4 is 11.5 Å². The predicted molar refractivity (Wildman–Crippen MR) is 60.1 cm³/mol. The lowest BCUT2D eigenvalue weighted by atomic mass is 10.0. The second-order valence-corrected chi connectivity index (χ2v) is 3.34. The lowest BCUT2D eigenvalue weighted by molar-refractivity contribution is 0.100. The molecule has 0 unspecified atom stereocenters. The Morgan fingerprint density at radius 3 is 2.53 bits per heavy atom. The molecule has 1 aromatic carbocycles. The van der Waals surface area contributed by atoms with E-state index in [1.165, 1.54) is 0 Å². The van der Waals surface area contributed by atoms with Gasteiger partial charge in [-0.1, -0.05) is 18.2 Å².